The fourth-order valence-electron chi connectivity index (χ4n) is 1.59. The highest BCUT2D eigenvalue weighted by molar-refractivity contribution is 7.83. The topological polar surface area (TPSA) is 40.5 Å². The van der Waals surface area contributed by atoms with E-state index in [4.69, 9.17) is 7.85 Å². The summed E-state index contributed by atoms with van der Waals surface area (Å²) in [5.74, 6) is 0.214. The van der Waals surface area contributed by atoms with Crippen molar-refractivity contribution in [1.82, 2.24) is 0 Å². The van der Waals surface area contributed by atoms with Gasteiger partial charge in [0.1, 0.15) is 19.4 Å². The van der Waals surface area contributed by atoms with Crippen LogP contribution in [0, 0.1) is 5.41 Å². The largest absolute Gasteiger partial charge is 0.511 e. The van der Waals surface area contributed by atoms with Gasteiger partial charge in [-0.1, -0.05) is 13.8 Å². The summed E-state index contributed by atoms with van der Waals surface area (Å²) in [6, 6.07) is 0. The van der Waals surface area contributed by atoms with Crippen LogP contribution < -0.4 is 0 Å². The summed E-state index contributed by atoms with van der Waals surface area (Å²) in [5, 5.41) is 19.8. The third kappa shape index (κ3) is 1.20. The maximum atomic E-state index is 9.93. The van der Waals surface area contributed by atoms with Gasteiger partial charge in [-0.05, 0) is 25.0 Å². The number of aliphatic hydroxyl groups excluding tert-OH is 2. The van der Waals surface area contributed by atoms with Crippen LogP contribution >= 0.6 is 12.6 Å². The van der Waals surface area contributed by atoms with Gasteiger partial charge in [-0.25, -0.2) is 0 Å². The standard InChI is InChI=1S/C10H15BO2S/c1-5-6(2)8(13)10(11,14)9(3,4)7(5)12/h12-14H,1-4H3. The van der Waals surface area contributed by atoms with E-state index in [1.165, 1.54) is 0 Å². The van der Waals surface area contributed by atoms with Gasteiger partial charge in [0, 0.05) is 10.1 Å². The Bertz CT molecular complexity index is 306. The van der Waals surface area contributed by atoms with E-state index in [1.54, 1.807) is 27.7 Å². The second kappa shape index (κ2) is 2.99. The summed E-state index contributed by atoms with van der Waals surface area (Å²) < 4.78 is -1.22. The molecule has 2 nitrogen and oxygen atoms in total. The van der Waals surface area contributed by atoms with Crippen LogP contribution in [-0.4, -0.2) is 22.7 Å². The second-order valence-electron chi connectivity index (χ2n) is 4.34. The number of allylic oxidation sites excluding steroid dienone is 3. The summed E-state index contributed by atoms with van der Waals surface area (Å²) >= 11 is 4.23. The molecule has 0 heterocycles. The lowest BCUT2D eigenvalue weighted by atomic mass is 9.60. The van der Waals surface area contributed by atoms with Gasteiger partial charge >= 0.3 is 0 Å². The summed E-state index contributed by atoms with van der Waals surface area (Å²) in [6.45, 7) is 6.97. The molecule has 0 aromatic rings. The predicted octanol–water partition coefficient (Wildman–Crippen LogP) is 2.48. The number of thiol groups is 1. The molecule has 1 atom stereocenters. The van der Waals surface area contributed by atoms with Gasteiger partial charge in [0.15, 0.2) is 0 Å². The summed E-state index contributed by atoms with van der Waals surface area (Å²) in [6.07, 6.45) is 0. The Balaban J connectivity index is 3.48. The average Bonchev–Trinajstić information content (AvgIpc) is 2.10. The molecule has 14 heavy (non-hydrogen) atoms. The number of aliphatic hydroxyl groups is 2. The molecule has 1 unspecified atom stereocenters. The minimum Gasteiger partial charge on any atom is -0.511 e. The second-order valence-corrected chi connectivity index (χ2v) is 5.04. The first kappa shape index (κ1) is 11.6. The van der Waals surface area contributed by atoms with E-state index in [9.17, 15) is 10.2 Å². The van der Waals surface area contributed by atoms with Crippen LogP contribution in [0.25, 0.3) is 0 Å². The average molecular weight is 210 g/mol. The lowest BCUT2D eigenvalue weighted by Gasteiger charge is -2.44. The van der Waals surface area contributed by atoms with Crippen LogP contribution in [0.1, 0.15) is 27.7 Å². The number of hydrogen-bond donors (Lipinski definition) is 3. The van der Waals surface area contributed by atoms with Gasteiger partial charge in [0.05, 0.1) is 0 Å². The van der Waals surface area contributed by atoms with Gasteiger partial charge < -0.3 is 10.2 Å². The van der Waals surface area contributed by atoms with E-state index in [-0.39, 0.29) is 11.5 Å². The Hall–Kier alpha value is -0.505. The van der Waals surface area contributed by atoms with Crippen molar-refractivity contribution in [2.75, 3.05) is 0 Å². The zero-order valence-electron chi connectivity index (χ0n) is 8.92. The highest BCUT2D eigenvalue weighted by Gasteiger charge is 2.48. The minimum absolute atomic E-state index is 0.0288. The van der Waals surface area contributed by atoms with Crippen LogP contribution in [-0.2, 0) is 0 Å². The van der Waals surface area contributed by atoms with Gasteiger partial charge in [0.25, 0.3) is 0 Å². The third-order valence-electron chi connectivity index (χ3n) is 3.18. The molecule has 0 aromatic carbocycles. The van der Waals surface area contributed by atoms with Crippen molar-refractivity contribution >= 4 is 20.5 Å². The molecule has 2 N–H and O–H groups in total. The monoisotopic (exact) mass is 210 g/mol. The van der Waals surface area contributed by atoms with Gasteiger partial charge in [0.2, 0.25) is 0 Å². The number of hydrogen-bond acceptors (Lipinski definition) is 3. The molecule has 1 aliphatic rings. The van der Waals surface area contributed by atoms with Crippen molar-refractivity contribution in [3.05, 3.63) is 22.7 Å². The molecule has 2 radical (unpaired) electrons. The Kier molecular flexibility index (Phi) is 2.47. The van der Waals surface area contributed by atoms with Gasteiger partial charge in [-0.2, -0.15) is 12.6 Å². The van der Waals surface area contributed by atoms with Crippen LogP contribution in [0.4, 0.5) is 0 Å². The fraction of sp³-hybridized carbons (Fsp3) is 0.600. The first-order chi connectivity index (χ1) is 6.14. The smallest absolute Gasteiger partial charge is 0.103 e. The van der Waals surface area contributed by atoms with E-state index >= 15 is 0 Å². The zero-order valence-corrected chi connectivity index (χ0v) is 9.81. The van der Waals surface area contributed by atoms with Crippen LogP contribution in [0.2, 0.25) is 0 Å². The summed E-state index contributed by atoms with van der Waals surface area (Å²) in [5.41, 5.74) is 0.492. The molecule has 0 aromatic heterocycles. The number of rotatable bonds is 0. The van der Waals surface area contributed by atoms with Crippen molar-refractivity contribution in [2.24, 2.45) is 5.41 Å². The van der Waals surface area contributed by atoms with E-state index in [2.05, 4.69) is 12.6 Å². The zero-order chi connectivity index (χ0) is 11.3. The molecule has 4 heteroatoms. The van der Waals surface area contributed by atoms with Crippen molar-refractivity contribution in [1.29, 1.82) is 0 Å². The van der Waals surface area contributed by atoms with E-state index in [0.29, 0.717) is 11.1 Å². The van der Waals surface area contributed by atoms with Gasteiger partial charge in [-0.3, -0.25) is 0 Å². The molecule has 0 fully saturated rings. The highest BCUT2D eigenvalue weighted by Crippen LogP contribution is 2.49. The Morgan fingerprint density at radius 3 is 1.86 bits per heavy atom. The molecule has 1 aliphatic carbocycles. The Morgan fingerprint density at radius 1 is 1.07 bits per heavy atom. The van der Waals surface area contributed by atoms with Crippen LogP contribution in [0.3, 0.4) is 0 Å². The molecular formula is C10H15BO2S. The fourth-order valence-corrected chi connectivity index (χ4v) is 1.86. The third-order valence-corrected chi connectivity index (χ3v) is 3.95. The first-order valence-corrected chi connectivity index (χ1v) is 4.91. The maximum absolute atomic E-state index is 9.93. The highest BCUT2D eigenvalue weighted by atomic mass is 32.1. The van der Waals surface area contributed by atoms with Crippen molar-refractivity contribution in [3.8, 4) is 0 Å². The normalized spacial score (nSPS) is 32.4. The van der Waals surface area contributed by atoms with Crippen molar-refractivity contribution < 1.29 is 10.2 Å². The SMILES string of the molecule is [B]C1(S)C(O)=C(C)C(C)=C(O)C1(C)C. The van der Waals surface area contributed by atoms with Crippen LogP contribution in [0.15, 0.2) is 22.7 Å². The molecule has 1 rings (SSSR count). The van der Waals surface area contributed by atoms with Gasteiger partial charge in [-0.15, -0.1) is 0 Å². The minimum atomic E-state index is -1.22. The van der Waals surface area contributed by atoms with E-state index in [0.717, 1.165) is 0 Å². The molecule has 0 aliphatic heterocycles. The molecule has 0 saturated carbocycles. The molecule has 0 saturated heterocycles. The lowest BCUT2D eigenvalue weighted by molar-refractivity contribution is 0.205. The lowest BCUT2D eigenvalue weighted by Crippen LogP contribution is -2.46. The van der Waals surface area contributed by atoms with Crippen molar-refractivity contribution in [2.45, 2.75) is 32.3 Å². The van der Waals surface area contributed by atoms with E-state index < -0.39 is 10.1 Å². The van der Waals surface area contributed by atoms with E-state index in [1.807, 2.05) is 0 Å². The van der Waals surface area contributed by atoms with Crippen molar-refractivity contribution in [3.63, 3.8) is 0 Å². The quantitative estimate of drug-likeness (QED) is 0.424. The summed E-state index contributed by atoms with van der Waals surface area (Å²) in [4.78, 5) is 0. The predicted molar refractivity (Wildman–Crippen MR) is 61.9 cm³/mol. The molecule has 0 bridgehead atoms. The molecule has 0 spiro atoms. The van der Waals surface area contributed by atoms with Crippen LogP contribution in [0.5, 0.6) is 0 Å². The molecule has 0 amide bonds. The maximum Gasteiger partial charge on any atom is 0.103 e. The molecule has 76 valence electrons. The molecular weight excluding hydrogens is 195 g/mol. The Labute approximate surface area is 91.5 Å². The Morgan fingerprint density at radius 2 is 1.43 bits per heavy atom. The summed E-state index contributed by atoms with van der Waals surface area (Å²) in [7, 11) is 5.90. The first-order valence-electron chi connectivity index (χ1n) is 4.46.